The van der Waals surface area contributed by atoms with E-state index in [1.54, 1.807) is 12.1 Å². The standard InChI is InChI=1S/C16H20FNO2.C2HF3O2/c1-12(15(19)20)11-18-9-3-8-16(18,2)10-13-4-6-14(17)7-5-13;3-2(4,5)1(6)7/h4-7H,1,3,8-11H2,2H3,(H,19,20);(H,6,7). The molecule has 0 aliphatic carbocycles. The second kappa shape index (κ2) is 8.98. The van der Waals surface area contributed by atoms with Crippen LogP contribution in [0.2, 0.25) is 0 Å². The van der Waals surface area contributed by atoms with Gasteiger partial charge in [-0.15, -0.1) is 0 Å². The quantitative estimate of drug-likeness (QED) is 0.594. The van der Waals surface area contributed by atoms with E-state index in [1.807, 2.05) is 0 Å². The summed E-state index contributed by atoms with van der Waals surface area (Å²) in [4.78, 5) is 22.0. The van der Waals surface area contributed by atoms with Crippen molar-refractivity contribution in [3.8, 4) is 0 Å². The maximum atomic E-state index is 12.9. The van der Waals surface area contributed by atoms with Crippen molar-refractivity contribution in [2.75, 3.05) is 13.1 Å². The molecule has 1 fully saturated rings. The van der Waals surface area contributed by atoms with Gasteiger partial charge in [-0.2, -0.15) is 13.2 Å². The summed E-state index contributed by atoms with van der Waals surface area (Å²) < 4.78 is 44.7. The van der Waals surface area contributed by atoms with E-state index in [0.717, 1.165) is 31.4 Å². The molecule has 1 aromatic carbocycles. The van der Waals surface area contributed by atoms with Crippen LogP contribution in [0.25, 0.3) is 0 Å². The van der Waals surface area contributed by atoms with Crippen LogP contribution in [0.3, 0.4) is 0 Å². The number of halogens is 4. The monoisotopic (exact) mass is 391 g/mol. The van der Waals surface area contributed by atoms with Gasteiger partial charge in [-0.05, 0) is 50.4 Å². The highest BCUT2D eigenvalue weighted by molar-refractivity contribution is 5.86. The molecule has 0 saturated carbocycles. The molecule has 0 spiro atoms. The van der Waals surface area contributed by atoms with Gasteiger partial charge in [0.05, 0.1) is 0 Å². The number of aliphatic carboxylic acids is 2. The van der Waals surface area contributed by atoms with Crippen molar-refractivity contribution in [3.05, 3.63) is 47.8 Å². The molecule has 1 unspecified atom stereocenters. The lowest BCUT2D eigenvalue weighted by Gasteiger charge is -2.35. The van der Waals surface area contributed by atoms with Crippen LogP contribution in [0.1, 0.15) is 25.3 Å². The molecule has 0 aromatic heterocycles. The number of carboxylic acids is 2. The van der Waals surface area contributed by atoms with Gasteiger partial charge in [0, 0.05) is 17.7 Å². The molecule has 2 N–H and O–H groups in total. The Morgan fingerprint density at radius 1 is 1.22 bits per heavy atom. The summed E-state index contributed by atoms with van der Waals surface area (Å²) in [5, 5.41) is 16.1. The van der Waals surface area contributed by atoms with Crippen LogP contribution in [0.4, 0.5) is 17.6 Å². The van der Waals surface area contributed by atoms with E-state index in [9.17, 15) is 22.4 Å². The van der Waals surface area contributed by atoms with Gasteiger partial charge >= 0.3 is 18.1 Å². The molecular weight excluding hydrogens is 370 g/mol. The third kappa shape index (κ3) is 7.01. The summed E-state index contributed by atoms with van der Waals surface area (Å²) in [6, 6.07) is 6.52. The van der Waals surface area contributed by atoms with E-state index < -0.39 is 18.1 Å². The number of carbonyl (C=O) groups is 2. The molecule has 150 valence electrons. The summed E-state index contributed by atoms with van der Waals surface area (Å²) in [5.41, 5.74) is 1.20. The Hall–Kier alpha value is -2.42. The molecule has 1 aliphatic rings. The molecule has 2 rings (SSSR count). The first-order valence-corrected chi connectivity index (χ1v) is 8.06. The highest BCUT2D eigenvalue weighted by atomic mass is 19.4. The molecule has 27 heavy (non-hydrogen) atoms. The van der Waals surface area contributed by atoms with Gasteiger partial charge in [-0.25, -0.2) is 14.0 Å². The van der Waals surface area contributed by atoms with Crippen molar-refractivity contribution >= 4 is 11.9 Å². The molecule has 9 heteroatoms. The highest BCUT2D eigenvalue weighted by Crippen LogP contribution is 2.32. The summed E-state index contributed by atoms with van der Waals surface area (Å²) >= 11 is 0. The first-order chi connectivity index (χ1) is 12.3. The zero-order valence-corrected chi connectivity index (χ0v) is 14.7. The van der Waals surface area contributed by atoms with Crippen LogP contribution in [0, 0.1) is 5.82 Å². The van der Waals surface area contributed by atoms with Crippen LogP contribution in [-0.4, -0.2) is 51.9 Å². The molecule has 1 saturated heterocycles. The molecule has 5 nitrogen and oxygen atoms in total. The second-order valence-electron chi connectivity index (χ2n) is 6.54. The van der Waals surface area contributed by atoms with Gasteiger partial charge in [0.25, 0.3) is 0 Å². The zero-order valence-electron chi connectivity index (χ0n) is 14.7. The number of hydrogen-bond donors (Lipinski definition) is 2. The summed E-state index contributed by atoms with van der Waals surface area (Å²) in [5.74, 6) is -3.94. The van der Waals surface area contributed by atoms with Crippen molar-refractivity contribution < 1.29 is 37.4 Å². The normalized spacial score (nSPS) is 19.9. The average molecular weight is 391 g/mol. The molecule has 1 aliphatic heterocycles. The first-order valence-electron chi connectivity index (χ1n) is 8.06. The number of benzene rings is 1. The van der Waals surface area contributed by atoms with E-state index in [0.29, 0.717) is 6.54 Å². The molecule has 1 heterocycles. The van der Waals surface area contributed by atoms with E-state index in [4.69, 9.17) is 15.0 Å². The van der Waals surface area contributed by atoms with Crippen LogP contribution < -0.4 is 0 Å². The Labute approximate surface area is 153 Å². The maximum Gasteiger partial charge on any atom is 0.490 e. The Balaban J connectivity index is 0.000000445. The largest absolute Gasteiger partial charge is 0.490 e. The topological polar surface area (TPSA) is 77.8 Å². The summed E-state index contributed by atoms with van der Waals surface area (Å²) in [7, 11) is 0. The molecule has 1 aromatic rings. The van der Waals surface area contributed by atoms with Gasteiger partial charge in [-0.1, -0.05) is 18.7 Å². The number of nitrogens with zero attached hydrogens (tertiary/aromatic N) is 1. The Morgan fingerprint density at radius 2 is 1.74 bits per heavy atom. The minimum absolute atomic E-state index is 0.0871. The lowest BCUT2D eigenvalue weighted by Crippen LogP contribution is -2.44. The van der Waals surface area contributed by atoms with Crippen molar-refractivity contribution in [3.63, 3.8) is 0 Å². The third-order valence-corrected chi connectivity index (χ3v) is 4.33. The highest BCUT2D eigenvalue weighted by Gasteiger charge is 2.38. The lowest BCUT2D eigenvalue weighted by molar-refractivity contribution is -0.192. The van der Waals surface area contributed by atoms with Crippen LogP contribution in [-0.2, 0) is 16.0 Å². The minimum Gasteiger partial charge on any atom is -0.478 e. The zero-order chi connectivity index (χ0) is 20.8. The Morgan fingerprint density at radius 3 is 2.19 bits per heavy atom. The number of alkyl halides is 3. The van der Waals surface area contributed by atoms with E-state index in [2.05, 4.69) is 18.4 Å². The molecule has 0 amide bonds. The fourth-order valence-corrected chi connectivity index (χ4v) is 2.89. The van der Waals surface area contributed by atoms with Crippen LogP contribution in [0.5, 0.6) is 0 Å². The lowest BCUT2D eigenvalue weighted by atomic mass is 9.90. The fraction of sp³-hybridized carbons (Fsp3) is 0.444. The van der Waals surface area contributed by atoms with Gasteiger partial charge in [0.2, 0.25) is 0 Å². The first kappa shape index (κ1) is 22.6. The molecule has 1 atom stereocenters. The number of likely N-dealkylation sites (tertiary alicyclic amines) is 1. The number of carboxylic acid groups (broad SMARTS) is 2. The van der Waals surface area contributed by atoms with Crippen molar-refractivity contribution in [2.45, 2.75) is 37.9 Å². The van der Waals surface area contributed by atoms with Gasteiger partial charge < -0.3 is 10.2 Å². The van der Waals surface area contributed by atoms with E-state index in [-0.39, 0.29) is 16.9 Å². The molecule has 0 radical (unpaired) electrons. The smallest absolute Gasteiger partial charge is 0.478 e. The number of hydrogen-bond acceptors (Lipinski definition) is 3. The SMILES string of the molecule is C=C(CN1CCCC1(C)Cc1ccc(F)cc1)C(=O)O.O=C(O)C(F)(F)F. The van der Waals surface area contributed by atoms with Gasteiger partial charge in [0.1, 0.15) is 5.82 Å². The average Bonchev–Trinajstić information content (AvgIpc) is 2.90. The predicted molar refractivity (Wildman–Crippen MR) is 89.8 cm³/mol. The summed E-state index contributed by atoms with van der Waals surface area (Å²) in [6.07, 6.45) is -2.23. The predicted octanol–water partition coefficient (Wildman–Crippen LogP) is 3.50. The third-order valence-electron chi connectivity index (χ3n) is 4.33. The second-order valence-corrected chi connectivity index (χ2v) is 6.54. The minimum atomic E-state index is -5.08. The van der Waals surface area contributed by atoms with Crippen molar-refractivity contribution in [1.29, 1.82) is 0 Å². The van der Waals surface area contributed by atoms with E-state index in [1.165, 1.54) is 12.1 Å². The van der Waals surface area contributed by atoms with Crippen molar-refractivity contribution in [1.82, 2.24) is 4.90 Å². The van der Waals surface area contributed by atoms with Gasteiger partial charge in [-0.3, -0.25) is 4.90 Å². The van der Waals surface area contributed by atoms with Crippen molar-refractivity contribution in [2.24, 2.45) is 0 Å². The molecule has 0 bridgehead atoms. The Bertz CT molecular complexity index is 688. The maximum absolute atomic E-state index is 12.9. The Kier molecular flexibility index (Phi) is 7.53. The van der Waals surface area contributed by atoms with Crippen LogP contribution >= 0.6 is 0 Å². The van der Waals surface area contributed by atoms with Gasteiger partial charge in [0.15, 0.2) is 0 Å². The summed E-state index contributed by atoms with van der Waals surface area (Å²) in [6.45, 7) is 7.01. The number of rotatable bonds is 5. The fourth-order valence-electron chi connectivity index (χ4n) is 2.89. The molecular formula is C18H21F4NO4. The van der Waals surface area contributed by atoms with Crippen LogP contribution in [0.15, 0.2) is 36.4 Å². The van der Waals surface area contributed by atoms with E-state index >= 15 is 0 Å².